The SMILES string of the molecule is O=C(NC1CCCCC1)OCCC1CCCNC1. The molecule has 0 aromatic carbocycles. The molecule has 1 amide bonds. The molecule has 1 saturated heterocycles. The molecule has 1 saturated carbocycles. The normalized spacial score (nSPS) is 25.7. The highest BCUT2D eigenvalue weighted by Crippen LogP contribution is 2.17. The minimum absolute atomic E-state index is 0.217. The summed E-state index contributed by atoms with van der Waals surface area (Å²) in [6.07, 6.45) is 9.29. The zero-order valence-electron chi connectivity index (χ0n) is 11.2. The summed E-state index contributed by atoms with van der Waals surface area (Å²) in [4.78, 5) is 11.6. The molecule has 0 aromatic rings. The molecule has 0 radical (unpaired) electrons. The summed E-state index contributed by atoms with van der Waals surface area (Å²) in [6, 6.07) is 0.350. The van der Waals surface area contributed by atoms with E-state index in [9.17, 15) is 4.79 Å². The van der Waals surface area contributed by atoms with E-state index in [4.69, 9.17) is 4.74 Å². The van der Waals surface area contributed by atoms with Crippen molar-refractivity contribution in [2.75, 3.05) is 19.7 Å². The second kappa shape index (κ2) is 7.62. The van der Waals surface area contributed by atoms with E-state index < -0.39 is 0 Å². The van der Waals surface area contributed by atoms with Gasteiger partial charge in [-0.3, -0.25) is 0 Å². The third-order valence-electron chi connectivity index (χ3n) is 4.09. The molecule has 1 heterocycles. The Morgan fingerprint density at radius 3 is 2.72 bits per heavy atom. The van der Waals surface area contributed by atoms with Gasteiger partial charge in [0.05, 0.1) is 6.61 Å². The predicted molar refractivity (Wildman–Crippen MR) is 71.6 cm³/mol. The summed E-state index contributed by atoms with van der Waals surface area (Å²) in [5.41, 5.74) is 0. The van der Waals surface area contributed by atoms with Gasteiger partial charge >= 0.3 is 6.09 Å². The van der Waals surface area contributed by atoms with Crippen LogP contribution in [0, 0.1) is 5.92 Å². The molecule has 2 N–H and O–H groups in total. The van der Waals surface area contributed by atoms with Gasteiger partial charge in [0.15, 0.2) is 0 Å². The first-order chi connectivity index (χ1) is 8.84. The van der Waals surface area contributed by atoms with E-state index in [2.05, 4.69) is 10.6 Å². The second-order valence-electron chi connectivity index (χ2n) is 5.62. The van der Waals surface area contributed by atoms with Crippen LogP contribution in [0.4, 0.5) is 4.79 Å². The summed E-state index contributed by atoms with van der Waals surface area (Å²) in [6.45, 7) is 2.78. The highest BCUT2D eigenvalue weighted by Gasteiger charge is 2.17. The first kappa shape index (κ1) is 13.7. The van der Waals surface area contributed by atoms with Crippen molar-refractivity contribution in [1.29, 1.82) is 0 Å². The van der Waals surface area contributed by atoms with Gasteiger partial charge in [-0.05, 0) is 51.1 Å². The number of amides is 1. The van der Waals surface area contributed by atoms with Gasteiger partial charge in [-0.25, -0.2) is 4.79 Å². The van der Waals surface area contributed by atoms with Crippen molar-refractivity contribution in [3.63, 3.8) is 0 Å². The van der Waals surface area contributed by atoms with E-state index in [1.165, 1.54) is 32.1 Å². The van der Waals surface area contributed by atoms with Crippen LogP contribution < -0.4 is 10.6 Å². The largest absolute Gasteiger partial charge is 0.450 e. The first-order valence-electron chi connectivity index (χ1n) is 7.48. The van der Waals surface area contributed by atoms with Crippen LogP contribution >= 0.6 is 0 Å². The lowest BCUT2D eigenvalue weighted by Gasteiger charge is -2.24. The lowest BCUT2D eigenvalue weighted by Crippen LogP contribution is -2.37. The maximum absolute atomic E-state index is 11.6. The Kier molecular flexibility index (Phi) is 5.78. The van der Waals surface area contributed by atoms with Gasteiger partial charge in [0.2, 0.25) is 0 Å². The van der Waals surface area contributed by atoms with Crippen LogP contribution in [0.2, 0.25) is 0 Å². The molecule has 0 bridgehead atoms. The summed E-state index contributed by atoms with van der Waals surface area (Å²) in [5, 5.41) is 6.36. The zero-order valence-corrected chi connectivity index (χ0v) is 11.2. The van der Waals surface area contributed by atoms with E-state index in [1.807, 2.05) is 0 Å². The molecule has 2 aliphatic rings. The zero-order chi connectivity index (χ0) is 12.6. The molecule has 1 aliphatic heterocycles. The van der Waals surface area contributed by atoms with Crippen LogP contribution in [0.3, 0.4) is 0 Å². The average Bonchev–Trinajstić information content (AvgIpc) is 2.41. The fourth-order valence-corrected chi connectivity index (χ4v) is 2.94. The average molecular weight is 254 g/mol. The number of rotatable bonds is 4. The Bertz CT molecular complexity index is 246. The molecule has 0 spiro atoms. The van der Waals surface area contributed by atoms with Crippen molar-refractivity contribution in [2.24, 2.45) is 5.92 Å². The van der Waals surface area contributed by atoms with Gasteiger partial charge in [-0.2, -0.15) is 0 Å². The van der Waals surface area contributed by atoms with E-state index in [0.717, 1.165) is 32.4 Å². The Labute approximate surface area is 110 Å². The molecule has 104 valence electrons. The molecular weight excluding hydrogens is 228 g/mol. The van der Waals surface area contributed by atoms with Crippen molar-refractivity contribution >= 4 is 6.09 Å². The van der Waals surface area contributed by atoms with Gasteiger partial charge in [0, 0.05) is 6.04 Å². The molecule has 1 aliphatic carbocycles. The fourth-order valence-electron chi connectivity index (χ4n) is 2.94. The number of hydrogen-bond donors (Lipinski definition) is 2. The van der Waals surface area contributed by atoms with Crippen LogP contribution in [-0.4, -0.2) is 31.8 Å². The number of nitrogens with one attached hydrogen (secondary N) is 2. The Morgan fingerprint density at radius 2 is 2.00 bits per heavy atom. The van der Waals surface area contributed by atoms with Crippen LogP contribution in [-0.2, 0) is 4.74 Å². The number of ether oxygens (including phenoxy) is 1. The Morgan fingerprint density at radius 1 is 1.17 bits per heavy atom. The maximum Gasteiger partial charge on any atom is 0.407 e. The summed E-state index contributed by atoms with van der Waals surface area (Å²) < 4.78 is 5.27. The third-order valence-corrected chi connectivity index (χ3v) is 4.09. The second-order valence-corrected chi connectivity index (χ2v) is 5.62. The molecule has 0 aromatic heterocycles. The minimum Gasteiger partial charge on any atom is -0.450 e. The summed E-state index contributed by atoms with van der Waals surface area (Å²) in [7, 11) is 0. The first-order valence-corrected chi connectivity index (χ1v) is 7.48. The van der Waals surface area contributed by atoms with E-state index in [-0.39, 0.29) is 6.09 Å². The molecule has 1 unspecified atom stereocenters. The van der Waals surface area contributed by atoms with Crippen molar-refractivity contribution in [1.82, 2.24) is 10.6 Å². The molecular formula is C14H26N2O2. The summed E-state index contributed by atoms with van der Waals surface area (Å²) in [5.74, 6) is 0.682. The molecule has 1 atom stereocenters. The van der Waals surface area contributed by atoms with E-state index in [1.54, 1.807) is 0 Å². The third kappa shape index (κ3) is 4.84. The van der Waals surface area contributed by atoms with Gasteiger partial charge in [-0.1, -0.05) is 19.3 Å². The molecule has 2 rings (SSSR count). The molecule has 18 heavy (non-hydrogen) atoms. The lowest BCUT2D eigenvalue weighted by atomic mass is 9.96. The lowest BCUT2D eigenvalue weighted by molar-refractivity contribution is 0.129. The molecule has 4 nitrogen and oxygen atoms in total. The monoisotopic (exact) mass is 254 g/mol. The van der Waals surface area contributed by atoms with Crippen LogP contribution in [0.25, 0.3) is 0 Å². The maximum atomic E-state index is 11.6. The molecule has 2 fully saturated rings. The Balaban J connectivity index is 1.53. The quantitative estimate of drug-likeness (QED) is 0.810. The van der Waals surface area contributed by atoms with Crippen molar-refractivity contribution in [3.05, 3.63) is 0 Å². The fraction of sp³-hybridized carbons (Fsp3) is 0.929. The highest BCUT2D eigenvalue weighted by molar-refractivity contribution is 5.67. The van der Waals surface area contributed by atoms with Crippen LogP contribution in [0.1, 0.15) is 51.4 Å². The van der Waals surface area contributed by atoms with E-state index >= 15 is 0 Å². The van der Waals surface area contributed by atoms with Crippen molar-refractivity contribution in [2.45, 2.75) is 57.4 Å². The Hall–Kier alpha value is -0.770. The topological polar surface area (TPSA) is 50.4 Å². The predicted octanol–water partition coefficient (Wildman–Crippen LogP) is 2.44. The highest BCUT2D eigenvalue weighted by atomic mass is 16.5. The summed E-state index contributed by atoms with van der Waals surface area (Å²) >= 11 is 0. The smallest absolute Gasteiger partial charge is 0.407 e. The van der Waals surface area contributed by atoms with Crippen LogP contribution in [0.15, 0.2) is 0 Å². The van der Waals surface area contributed by atoms with Gasteiger partial charge in [-0.15, -0.1) is 0 Å². The number of hydrogen-bond acceptors (Lipinski definition) is 3. The van der Waals surface area contributed by atoms with Crippen molar-refractivity contribution in [3.8, 4) is 0 Å². The van der Waals surface area contributed by atoms with Crippen molar-refractivity contribution < 1.29 is 9.53 Å². The van der Waals surface area contributed by atoms with Gasteiger partial charge in [0.25, 0.3) is 0 Å². The van der Waals surface area contributed by atoms with Gasteiger partial charge < -0.3 is 15.4 Å². The standard InChI is InChI=1S/C14H26N2O2/c17-14(16-13-6-2-1-3-7-13)18-10-8-12-5-4-9-15-11-12/h12-13,15H,1-11H2,(H,16,17). The number of piperidine rings is 1. The number of alkyl carbamates (subject to hydrolysis) is 1. The minimum atomic E-state index is -0.217. The molecule has 4 heteroatoms. The number of carbonyl (C=O) groups excluding carboxylic acids is 1. The van der Waals surface area contributed by atoms with Crippen LogP contribution in [0.5, 0.6) is 0 Å². The van der Waals surface area contributed by atoms with E-state index in [0.29, 0.717) is 18.6 Å². The van der Waals surface area contributed by atoms with Gasteiger partial charge in [0.1, 0.15) is 0 Å². The number of carbonyl (C=O) groups is 1.